The maximum absolute atomic E-state index is 5.46. The summed E-state index contributed by atoms with van der Waals surface area (Å²) in [4.78, 5) is 4.29. The predicted octanol–water partition coefficient (Wildman–Crippen LogP) is 1.81. The molecule has 0 aromatic carbocycles. The molecular formula is C12H23N3O. The fourth-order valence-corrected chi connectivity index (χ4v) is 1.49. The molecule has 0 aliphatic carbocycles. The molecule has 1 aromatic rings. The van der Waals surface area contributed by atoms with Crippen LogP contribution < -0.4 is 5.32 Å². The van der Waals surface area contributed by atoms with Gasteiger partial charge in [-0.2, -0.15) is 0 Å². The molecule has 0 fully saturated rings. The summed E-state index contributed by atoms with van der Waals surface area (Å²) < 4.78 is 7.60. The number of rotatable bonds is 9. The number of unbranched alkanes of at least 4 members (excludes halogenated alkanes) is 1. The van der Waals surface area contributed by atoms with Gasteiger partial charge < -0.3 is 14.6 Å². The monoisotopic (exact) mass is 225 g/mol. The van der Waals surface area contributed by atoms with Crippen molar-refractivity contribution in [3.8, 4) is 0 Å². The summed E-state index contributed by atoms with van der Waals surface area (Å²) >= 11 is 0. The van der Waals surface area contributed by atoms with Crippen molar-refractivity contribution in [1.82, 2.24) is 14.9 Å². The van der Waals surface area contributed by atoms with Crippen LogP contribution in [0.15, 0.2) is 12.4 Å². The van der Waals surface area contributed by atoms with Crippen LogP contribution in [0.2, 0.25) is 0 Å². The number of nitrogens with zero attached hydrogens (tertiary/aromatic N) is 2. The lowest BCUT2D eigenvalue weighted by molar-refractivity contribution is 0.132. The van der Waals surface area contributed by atoms with E-state index in [-0.39, 0.29) is 0 Å². The maximum atomic E-state index is 5.46. The van der Waals surface area contributed by atoms with Gasteiger partial charge in [0.25, 0.3) is 0 Å². The van der Waals surface area contributed by atoms with Gasteiger partial charge in [0.05, 0.1) is 13.2 Å². The van der Waals surface area contributed by atoms with E-state index in [0.717, 1.165) is 45.1 Å². The Morgan fingerprint density at radius 2 is 2.25 bits per heavy atom. The van der Waals surface area contributed by atoms with Gasteiger partial charge in [0.15, 0.2) is 0 Å². The second-order valence-electron chi connectivity index (χ2n) is 3.77. The molecule has 0 saturated heterocycles. The van der Waals surface area contributed by atoms with Gasteiger partial charge in [-0.3, -0.25) is 0 Å². The second kappa shape index (κ2) is 8.30. The van der Waals surface area contributed by atoms with E-state index in [0.29, 0.717) is 0 Å². The Morgan fingerprint density at radius 1 is 1.38 bits per heavy atom. The molecule has 1 rings (SSSR count). The number of ether oxygens (including phenoxy) is 1. The smallest absolute Gasteiger partial charge is 0.122 e. The lowest BCUT2D eigenvalue weighted by atomic mass is 10.4. The Bertz CT molecular complexity index is 273. The van der Waals surface area contributed by atoms with Crippen molar-refractivity contribution >= 4 is 0 Å². The summed E-state index contributed by atoms with van der Waals surface area (Å²) in [6.45, 7) is 8.64. The zero-order chi connectivity index (χ0) is 11.6. The van der Waals surface area contributed by atoms with Crippen molar-refractivity contribution in [2.24, 2.45) is 0 Å². The SMILES string of the molecule is CCCCOCCNCc1nccn1CC. The molecule has 1 heterocycles. The third-order valence-corrected chi connectivity index (χ3v) is 2.49. The first kappa shape index (κ1) is 13.2. The van der Waals surface area contributed by atoms with Gasteiger partial charge in [0, 0.05) is 32.1 Å². The molecule has 4 heteroatoms. The minimum absolute atomic E-state index is 0.785. The molecule has 0 spiro atoms. The summed E-state index contributed by atoms with van der Waals surface area (Å²) in [6, 6.07) is 0. The van der Waals surface area contributed by atoms with Gasteiger partial charge in [-0.25, -0.2) is 4.98 Å². The topological polar surface area (TPSA) is 39.1 Å². The standard InChI is InChI=1S/C12H23N3O/c1-3-5-9-16-10-7-13-11-12-14-6-8-15(12)4-2/h6,8,13H,3-5,7,9-11H2,1-2H3. The molecular weight excluding hydrogens is 202 g/mol. The van der Waals surface area contributed by atoms with Crippen molar-refractivity contribution in [2.75, 3.05) is 19.8 Å². The summed E-state index contributed by atoms with van der Waals surface area (Å²) in [7, 11) is 0. The highest BCUT2D eigenvalue weighted by Crippen LogP contribution is 1.96. The van der Waals surface area contributed by atoms with E-state index in [4.69, 9.17) is 4.74 Å². The van der Waals surface area contributed by atoms with Crippen molar-refractivity contribution in [1.29, 1.82) is 0 Å². The number of imidazole rings is 1. The quantitative estimate of drug-likeness (QED) is 0.651. The van der Waals surface area contributed by atoms with Crippen LogP contribution in [-0.4, -0.2) is 29.3 Å². The highest BCUT2D eigenvalue weighted by atomic mass is 16.5. The molecule has 16 heavy (non-hydrogen) atoms. The van der Waals surface area contributed by atoms with E-state index >= 15 is 0 Å². The van der Waals surface area contributed by atoms with Gasteiger partial charge in [-0.1, -0.05) is 13.3 Å². The first-order chi connectivity index (χ1) is 7.88. The minimum Gasteiger partial charge on any atom is -0.380 e. The van der Waals surface area contributed by atoms with E-state index < -0.39 is 0 Å². The average Bonchev–Trinajstić information content (AvgIpc) is 2.75. The molecule has 1 aromatic heterocycles. The van der Waals surface area contributed by atoms with Crippen molar-refractivity contribution < 1.29 is 4.74 Å². The highest BCUT2D eigenvalue weighted by molar-refractivity contribution is 4.91. The minimum atomic E-state index is 0.785. The van der Waals surface area contributed by atoms with Gasteiger partial charge in [-0.05, 0) is 13.3 Å². The zero-order valence-corrected chi connectivity index (χ0v) is 10.4. The van der Waals surface area contributed by atoms with Crippen LogP contribution in [0.5, 0.6) is 0 Å². The Kier molecular flexibility index (Phi) is 6.85. The Hall–Kier alpha value is -0.870. The number of hydrogen-bond donors (Lipinski definition) is 1. The normalized spacial score (nSPS) is 10.9. The molecule has 0 bridgehead atoms. The molecule has 0 aliphatic rings. The highest BCUT2D eigenvalue weighted by Gasteiger charge is 1.99. The molecule has 0 radical (unpaired) electrons. The largest absolute Gasteiger partial charge is 0.380 e. The fraction of sp³-hybridized carbons (Fsp3) is 0.750. The van der Waals surface area contributed by atoms with E-state index in [1.165, 1.54) is 6.42 Å². The van der Waals surface area contributed by atoms with Crippen molar-refractivity contribution in [2.45, 2.75) is 39.8 Å². The van der Waals surface area contributed by atoms with Crippen molar-refractivity contribution in [3.05, 3.63) is 18.2 Å². The molecule has 0 amide bonds. The molecule has 0 aliphatic heterocycles. The van der Waals surface area contributed by atoms with Gasteiger partial charge in [0.1, 0.15) is 5.82 Å². The van der Waals surface area contributed by atoms with Crippen LogP contribution in [0.1, 0.15) is 32.5 Å². The fourth-order valence-electron chi connectivity index (χ4n) is 1.49. The number of nitrogens with one attached hydrogen (secondary N) is 1. The molecule has 1 N–H and O–H groups in total. The Labute approximate surface area is 98.0 Å². The Balaban J connectivity index is 2.03. The van der Waals surface area contributed by atoms with Crippen molar-refractivity contribution in [3.63, 3.8) is 0 Å². The average molecular weight is 225 g/mol. The lowest BCUT2D eigenvalue weighted by Gasteiger charge is -2.07. The summed E-state index contributed by atoms with van der Waals surface area (Å²) in [5.41, 5.74) is 0. The zero-order valence-electron chi connectivity index (χ0n) is 10.4. The molecule has 0 unspecified atom stereocenters. The lowest BCUT2D eigenvalue weighted by Crippen LogP contribution is -2.21. The van der Waals surface area contributed by atoms with Gasteiger partial charge in [-0.15, -0.1) is 0 Å². The number of hydrogen-bond acceptors (Lipinski definition) is 3. The van der Waals surface area contributed by atoms with E-state index in [1.807, 2.05) is 12.4 Å². The van der Waals surface area contributed by atoms with Crippen LogP contribution in [0.4, 0.5) is 0 Å². The third-order valence-electron chi connectivity index (χ3n) is 2.49. The first-order valence-electron chi connectivity index (χ1n) is 6.17. The van der Waals surface area contributed by atoms with E-state index in [1.54, 1.807) is 0 Å². The van der Waals surface area contributed by atoms with Gasteiger partial charge in [0.2, 0.25) is 0 Å². The first-order valence-corrected chi connectivity index (χ1v) is 6.17. The summed E-state index contributed by atoms with van der Waals surface area (Å²) in [6.07, 6.45) is 6.20. The van der Waals surface area contributed by atoms with Gasteiger partial charge >= 0.3 is 0 Å². The summed E-state index contributed by atoms with van der Waals surface area (Å²) in [5, 5.41) is 3.33. The number of aromatic nitrogens is 2. The predicted molar refractivity (Wildman–Crippen MR) is 65.3 cm³/mol. The van der Waals surface area contributed by atoms with Crippen LogP contribution in [0, 0.1) is 0 Å². The Morgan fingerprint density at radius 3 is 3.00 bits per heavy atom. The maximum Gasteiger partial charge on any atom is 0.122 e. The van der Waals surface area contributed by atoms with Crippen LogP contribution in [0.25, 0.3) is 0 Å². The van der Waals surface area contributed by atoms with Crippen LogP contribution in [-0.2, 0) is 17.8 Å². The number of aryl methyl sites for hydroxylation is 1. The van der Waals surface area contributed by atoms with E-state index in [9.17, 15) is 0 Å². The van der Waals surface area contributed by atoms with E-state index in [2.05, 4.69) is 28.7 Å². The third kappa shape index (κ3) is 4.77. The molecule has 0 atom stereocenters. The molecule has 0 saturated carbocycles. The van der Waals surface area contributed by atoms with Crippen LogP contribution >= 0.6 is 0 Å². The molecule has 4 nitrogen and oxygen atoms in total. The second-order valence-corrected chi connectivity index (χ2v) is 3.77. The summed E-state index contributed by atoms with van der Waals surface area (Å²) in [5.74, 6) is 1.09. The molecule has 92 valence electrons. The van der Waals surface area contributed by atoms with Crippen LogP contribution in [0.3, 0.4) is 0 Å².